The summed E-state index contributed by atoms with van der Waals surface area (Å²) >= 11 is 4.84. The van der Waals surface area contributed by atoms with E-state index in [1.807, 2.05) is 24.3 Å². The van der Waals surface area contributed by atoms with Crippen LogP contribution in [0.4, 0.5) is 10.8 Å². The van der Waals surface area contributed by atoms with Crippen LogP contribution in [0.15, 0.2) is 59.2 Å². The lowest BCUT2D eigenvalue weighted by molar-refractivity contribution is -0.384. The Morgan fingerprint density at radius 3 is 2.42 bits per heavy atom. The van der Waals surface area contributed by atoms with Gasteiger partial charge in [-0.15, -0.1) is 11.3 Å². The highest BCUT2D eigenvalue weighted by Crippen LogP contribution is 2.22. The number of amides is 1. The number of nitro groups is 1. The molecule has 1 aromatic heterocycles. The van der Waals surface area contributed by atoms with E-state index in [-0.39, 0.29) is 18.0 Å². The normalized spacial score (nSPS) is 10.5. The molecule has 0 saturated carbocycles. The maximum Gasteiger partial charge on any atom is 0.269 e. The van der Waals surface area contributed by atoms with Crippen molar-refractivity contribution in [2.45, 2.75) is 12.8 Å². The highest BCUT2D eigenvalue weighted by molar-refractivity contribution is 9.10. The molecule has 6 nitrogen and oxygen atoms in total. The summed E-state index contributed by atoms with van der Waals surface area (Å²) in [5.74, 6) is -0.205. The summed E-state index contributed by atoms with van der Waals surface area (Å²) in [7, 11) is 0. The third-order valence-electron chi connectivity index (χ3n) is 3.60. The molecule has 0 radical (unpaired) electrons. The van der Waals surface area contributed by atoms with Crippen LogP contribution in [0.25, 0.3) is 0 Å². The minimum absolute atomic E-state index is 0.00617. The van der Waals surface area contributed by atoms with E-state index in [1.54, 1.807) is 18.3 Å². The van der Waals surface area contributed by atoms with Crippen molar-refractivity contribution in [3.8, 4) is 0 Å². The van der Waals surface area contributed by atoms with Gasteiger partial charge >= 0.3 is 0 Å². The Hall–Kier alpha value is -2.58. The van der Waals surface area contributed by atoms with Gasteiger partial charge in [0.05, 0.1) is 11.3 Å². The van der Waals surface area contributed by atoms with Crippen LogP contribution >= 0.6 is 27.3 Å². The number of nitrogens with zero attached hydrogens (tertiary/aromatic N) is 2. The molecule has 0 bridgehead atoms. The van der Waals surface area contributed by atoms with E-state index >= 15 is 0 Å². The average molecular weight is 432 g/mol. The number of hydrogen-bond acceptors (Lipinski definition) is 5. The van der Waals surface area contributed by atoms with Crippen molar-refractivity contribution < 1.29 is 9.72 Å². The predicted molar refractivity (Wildman–Crippen MR) is 104 cm³/mol. The maximum absolute atomic E-state index is 12.1. The monoisotopic (exact) mass is 431 g/mol. The lowest BCUT2D eigenvalue weighted by Crippen LogP contribution is -2.14. The summed E-state index contributed by atoms with van der Waals surface area (Å²) in [6, 6.07) is 14.0. The smallest absolute Gasteiger partial charge is 0.269 e. The van der Waals surface area contributed by atoms with Crippen LogP contribution in [0.1, 0.15) is 16.0 Å². The van der Waals surface area contributed by atoms with E-state index in [9.17, 15) is 14.9 Å². The summed E-state index contributed by atoms with van der Waals surface area (Å²) < 4.78 is 1.03. The van der Waals surface area contributed by atoms with Crippen molar-refractivity contribution in [1.82, 2.24) is 4.98 Å². The molecule has 8 heteroatoms. The topological polar surface area (TPSA) is 85.1 Å². The second-order valence-electron chi connectivity index (χ2n) is 5.58. The van der Waals surface area contributed by atoms with E-state index in [4.69, 9.17) is 0 Å². The van der Waals surface area contributed by atoms with E-state index < -0.39 is 4.92 Å². The molecule has 0 aliphatic heterocycles. The van der Waals surface area contributed by atoms with E-state index in [0.29, 0.717) is 10.7 Å². The Morgan fingerprint density at radius 1 is 1.12 bits per heavy atom. The summed E-state index contributed by atoms with van der Waals surface area (Å²) in [6.07, 6.45) is 2.65. The van der Waals surface area contributed by atoms with Gasteiger partial charge < -0.3 is 5.32 Å². The van der Waals surface area contributed by atoms with Crippen molar-refractivity contribution in [1.29, 1.82) is 0 Å². The maximum atomic E-state index is 12.1. The first-order valence-corrected chi connectivity index (χ1v) is 9.33. The molecule has 0 unspecified atom stereocenters. The Bertz CT molecular complexity index is 924. The highest BCUT2D eigenvalue weighted by atomic mass is 79.9. The molecule has 0 fully saturated rings. The second kappa shape index (κ2) is 8.20. The molecule has 26 heavy (non-hydrogen) atoms. The fraction of sp³-hybridized carbons (Fsp3) is 0.111. The average Bonchev–Trinajstić information content (AvgIpc) is 3.04. The van der Waals surface area contributed by atoms with Gasteiger partial charge in [0.1, 0.15) is 0 Å². The number of aromatic nitrogens is 1. The van der Waals surface area contributed by atoms with E-state index in [0.717, 1.165) is 15.8 Å². The van der Waals surface area contributed by atoms with Crippen molar-refractivity contribution >= 4 is 44.0 Å². The molecule has 0 aliphatic carbocycles. The van der Waals surface area contributed by atoms with Gasteiger partial charge in [0, 0.05) is 34.1 Å². The zero-order valence-electron chi connectivity index (χ0n) is 13.5. The third kappa shape index (κ3) is 4.96. The number of anilines is 1. The molecule has 0 atom stereocenters. The number of rotatable bonds is 6. The van der Waals surface area contributed by atoms with Gasteiger partial charge in [-0.2, -0.15) is 0 Å². The number of non-ortho nitro benzene ring substituents is 1. The number of nitrogens with one attached hydrogen (secondary N) is 1. The minimum Gasteiger partial charge on any atom is -0.302 e. The van der Waals surface area contributed by atoms with Crippen molar-refractivity contribution in [3.05, 3.63) is 85.3 Å². The van der Waals surface area contributed by atoms with Gasteiger partial charge in [-0.1, -0.05) is 40.2 Å². The van der Waals surface area contributed by atoms with Gasteiger partial charge in [-0.3, -0.25) is 14.9 Å². The molecule has 1 amide bonds. The van der Waals surface area contributed by atoms with Crippen LogP contribution in [0, 0.1) is 10.1 Å². The quantitative estimate of drug-likeness (QED) is 0.456. The second-order valence-corrected chi connectivity index (χ2v) is 7.61. The van der Waals surface area contributed by atoms with Crippen LogP contribution in [0.3, 0.4) is 0 Å². The van der Waals surface area contributed by atoms with E-state index in [2.05, 4.69) is 26.2 Å². The number of nitro benzene ring substituents is 1. The lowest BCUT2D eigenvalue weighted by Gasteiger charge is -2.02. The molecule has 0 spiro atoms. The van der Waals surface area contributed by atoms with E-state index in [1.165, 1.54) is 29.0 Å². The summed E-state index contributed by atoms with van der Waals surface area (Å²) in [4.78, 5) is 27.6. The number of benzene rings is 2. The Labute approximate surface area is 162 Å². The summed E-state index contributed by atoms with van der Waals surface area (Å²) in [6.45, 7) is 0. The number of thiazole rings is 1. The number of carbonyl (C=O) groups is 1. The molecule has 1 N–H and O–H groups in total. The van der Waals surface area contributed by atoms with Gasteiger partial charge in [0.15, 0.2) is 5.13 Å². The largest absolute Gasteiger partial charge is 0.302 e. The molecule has 2 aromatic carbocycles. The van der Waals surface area contributed by atoms with Crippen molar-refractivity contribution in [2.75, 3.05) is 5.32 Å². The van der Waals surface area contributed by atoms with Gasteiger partial charge in [0.2, 0.25) is 5.91 Å². The molecule has 132 valence electrons. The first kappa shape index (κ1) is 18.2. The SMILES string of the molecule is O=C(Cc1ccc([N+](=O)[O-])cc1)Nc1ncc(Cc2ccc(Br)cc2)s1. The molecule has 0 aliphatic rings. The summed E-state index contributed by atoms with van der Waals surface area (Å²) in [5, 5.41) is 14.0. The summed E-state index contributed by atoms with van der Waals surface area (Å²) in [5.41, 5.74) is 1.88. The van der Waals surface area contributed by atoms with Crippen molar-refractivity contribution in [3.63, 3.8) is 0 Å². The molecule has 1 heterocycles. The van der Waals surface area contributed by atoms with Crippen LogP contribution in [-0.4, -0.2) is 15.8 Å². The van der Waals surface area contributed by atoms with Gasteiger partial charge in [-0.05, 0) is 23.3 Å². The predicted octanol–water partition coefficient (Wildman–Crippen LogP) is 4.59. The molecule has 3 aromatic rings. The molecule has 3 rings (SSSR count). The van der Waals surface area contributed by atoms with Gasteiger partial charge in [0.25, 0.3) is 5.69 Å². The zero-order chi connectivity index (χ0) is 18.5. The van der Waals surface area contributed by atoms with Crippen LogP contribution in [-0.2, 0) is 17.6 Å². The Balaban J connectivity index is 1.57. The zero-order valence-corrected chi connectivity index (χ0v) is 15.9. The molecular formula is C18H14BrN3O3S. The van der Waals surface area contributed by atoms with Gasteiger partial charge in [-0.25, -0.2) is 4.98 Å². The number of hydrogen-bond donors (Lipinski definition) is 1. The first-order valence-electron chi connectivity index (χ1n) is 7.72. The van der Waals surface area contributed by atoms with Crippen LogP contribution in [0.2, 0.25) is 0 Å². The van der Waals surface area contributed by atoms with Crippen LogP contribution in [0.5, 0.6) is 0 Å². The number of carbonyl (C=O) groups excluding carboxylic acids is 1. The van der Waals surface area contributed by atoms with Crippen molar-refractivity contribution in [2.24, 2.45) is 0 Å². The molecule has 0 saturated heterocycles. The standard InChI is InChI=1S/C18H14BrN3O3S/c19-14-5-1-12(2-6-14)9-16-11-20-18(26-16)21-17(23)10-13-3-7-15(8-4-13)22(24)25/h1-8,11H,9-10H2,(H,20,21,23). The number of halogens is 1. The fourth-order valence-corrected chi connectivity index (χ4v) is 3.46. The molecular weight excluding hydrogens is 418 g/mol. The lowest BCUT2D eigenvalue weighted by atomic mass is 10.1. The third-order valence-corrected chi connectivity index (χ3v) is 5.04. The van der Waals surface area contributed by atoms with Crippen LogP contribution < -0.4 is 5.32 Å². The minimum atomic E-state index is -0.466. The Kier molecular flexibility index (Phi) is 5.75. The highest BCUT2D eigenvalue weighted by Gasteiger charge is 2.10. The fourth-order valence-electron chi connectivity index (χ4n) is 2.33. The first-order chi connectivity index (χ1) is 12.5. The Morgan fingerprint density at radius 2 is 1.77 bits per heavy atom.